The highest BCUT2D eigenvalue weighted by atomic mass is 19.1. The molecule has 1 heterocycles. The Morgan fingerprint density at radius 1 is 1.07 bits per heavy atom. The minimum Gasteiger partial charge on any atom is -0.493 e. The SMILES string of the molecule is CC[C@]1(C)C[C@@](CC[NH2+]Cc2ccc(OC)c(OC)c2)(c2ccc(F)cc2)CCO1. The lowest BCUT2D eigenvalue weighted by atomic mass is 9.66. The molecule has 1 aliphatic rings. The standard InChI is InChI=1S/C25H34FNO3/c1-5-24(2)18-25(13-15-30-24,20-7-9-21(26)10-8-20)12-14-27-17-19-6-11-22(28-3)23(16-19)29-4/h6-11,16,27H,5,12-15,17-18H2,1-4H3/p+1/t24-,25+/m1/s1. The second kappa shape index (κ2) is 9.80. The molecule has 1 fully saturated rings. The molecule has 30 heavy (non-hydrogen) atoms. The van der Waals surface area contributed by atoms with E-state index in [2.05, 4.69) is 25.2 Å². The van der Waals surface area contributed by atoms with Crippen molar-refractivity contribution in [3.63, 3.8) is 0 Å². The van der Waals surface area contributed by atoms with Gasteiger partial charge in [-0.2, -0.15) is 0 Å². The highest BCUT2D eigenvalue weighted by Crippen LogP contribution is 2.45. The molecule has 2 aromatic carbocycles. The Hall–Kier alpha value is -2.11. The predicted molar refractivity (Wildman–Crippen MR) is 117 cm³/mol. The van der Waals surface area contributed by atoms with Crippen LogP contribution in [0.15, 0.2) is 42.5 Å². The first-order valence-corrected chi connectivity index (χ1v) is 10.9. The molecule has 0 bridgehead atoms. The normalized spacial score (nSPS) is 23.9. The Labute approximate surface area is 179 Å². The van der Waals surface area contributed by atoms with E-state index in [1.165, 1.54) is 11.1 Å². The van der Waals surface area contributed by atoms with Crippen molar-refractivity contribution in [2.24, 2.45) is 0 Å². The zero-order valence-corrected chi connectivity index (χ0v) is 18.7. The number of hydrogen-bond acceptors (Lipinski definition) is 3. The predicted octanol–water partition coefficient (Wildman–Crippen LogP) is 4.21. The van der Waals surface area contributed by atoms with Gasteiger partial charge in [-0.25, -0.2) is 4.39 Å². The van der Waals surface area contributed by atoms with Gasteiger partial charge in [-0.1, -0.05) is 19.1 Å². The molecule has 1 saturated heterocycles. The number of ether oxygens (including phenoxy) is 3. The van der Waals surface area contributed by atoms with Gasteiger partial charge in [0.15, 0.2) is 11.5 Å². The van der Waals surface area contributed by atoms with Crippen LogP contribution >= 0.6 is 0 Å². The number of rotatable bonds is 9. The maximum Gasteiger partial charge on any atom is 0.161 e. The van der Waals surface area contributed by atoms with E-state index >= 15 is 0 Å². The molecule has 0 aromatic heterocycles. The van der Waals surface area contributed by atoms with E-state index < -0.39 is 0 Å². The molecule has 0 amide bonds. The molecule has 3 rings (SSSR count). The summed E-state index contributed by atoms with van der Waals surface area (Å²) < 4.78 is 30.4. The zero-order valence-electron chi connectivity index (χ0n) is 18.7. The first-order chi connectivity index (χ1) is 14.4. The van der Waals surface area contributed by atoms with Crippen LogP contribution in [0.3, 0.4) is 0 Å². The van der Waals surface area contributed by atoms with Crippen molar-refractivity contribution in [1.29, 1.82) is 0 Å². The third kappa shape index (κ3) is 5.13. The number of halogens is 1. The van der Waals surface area contributed by atoms with Gasteiger partial charge in [0.25, 0.3) is 0 Å². The van der Waals surface area contributed by atoms with Crippen molar-refractivity contribution in [1.82, 2.24) is 0 Å². The molecule has 5 heteroatoms. The quantitative estimate of drug-likeness (QED) is 0.623. The number of quaternary nitrogens is 1. The molecule has 0 unspecified atom stereocenters. The van der Waals surface area contributed by atoms with Gasteiger partial charge in [0.2, 0.25) is 0 Å². The minimum absolute atomic E-state index is 0.0187. The van der Waals surface area contributed by atoms with Gasteiger partial charge in [0.05, 0.1) is 26.4 Å². The fourth-order valence-corrected chi connectivity index (χ4v) is 4.64. The molecule has 2 atom stereocenters. The monoisotopic (exact) mass is 416 g/mol. The van der Waals surface area contributed by atoms with E-state index in [9.17, 15) is 4.39 Å². The molecule has 1 aliphatic heterocycles. The summed E-state index contributed by atoms with van der Waals surface area (Å²) in [6, 6.07) is 13.2. The second-order valence-corrected chi connectivity index (χ2v) is 8.59. The molecule has 0 spiro atoms. The molecular weight excluding hydrogens is 381 g/mol. The van der Waals surface area contributed by atoms with E-state index in [0.717, 1.165) is 56.9 Å². The van der Waals surface area contributed by atoms with Crippen LogP contribution in [0.4, 0.5) is 4.39 Å². The topological polar surface area (TPSA) is 44.3 Å². The number of hydrogen-bond donors (Lipinski definition) is 1. The van der Waals surface area contributed by atoms with Crippen LogP contribution in [-0.4, -0.2) is 33.0 Å². The molecular formula is C25H35FNO3+. The Bertz CT molecular complexity index is 826. The van der Waals surface area contributed by atoms with Gasteiger partial charge in [0.1, 0.15) is 12.4 Å². The largest absolute Gasteiger partial charge is 0.493 e. The van der Waals surface area contributed by atoms with Crippen LogP contribution < -0.4 is 14.8 Å². The van der Waals surface area contributed by atoms with E-state index in [4.69, 9.17) is 14.2 Å². The van der Waals surface area contributed by atoms with E-state index in [1.54, 1.807) is 26.4 Å². The van der Waals surface area contributed by atoms with Crippen LogP contribution in [-0.2, 0) is 16.7 Å². The van der Waals surface area contributed by atoms with Crippen LogP contribution in [0.5, 0.6) is 11.5 Å². The van der Waals surface area contributed by atoms with Gasteiger partial charge in [0, 0.05) is 24.0 Å². The van der Waals surface area contributed by atoms with Crippen molar-refractivity contribution < 1.29 is 23.9 Å². The summed E-state index contributed by atoms with van der Waals surface area (Å²) in [6.07, 6.45) is 3.95. The number of methoxy groups -OCH3 is 2. The van der Waals surface area contributed by atoms with Gasteiger partial charge in [-0.05, 0) is 62.1 Å². The van der Waals surface area contributed by atoms with Crippen molar-refractivity contribution in [2.75, 3.05) is 27.4 Å². The van der Waals surface area contributed by atoms with E-state index in [0.29, 0.717) is 0 Å². The Morgan fingerprint density at radius 2 is 1.80 bits per heavy atom. The van der Waals surface area contributed by atoms with Crippen LogP contribution in [0.25, 0.3) is 0 Å². The summed E-state index contributed by atoms with van der Waals surface area (Å²) >= 11 is 0. The molecule has 0 aliphatic carbocycles. The minimum atomic E-state index is -0.181. The summed E-state index contributed by atoms with van der Waals surface area (Å²) in [6.45, 7) is 7.01. The number of benzene rings is 2. The lowest BCUT2D eigenvalue weighted by Gasteiger charge is -2.46. The fourth-order valence-electron chi connectivity index (χ4n) is 4.64. The van der Waals surface area contributed by atoms with Gasteiger partial charge >= 0.3 is 0 Å². The highest BCUT2D eigenvalue weighted by molar-refractivity contribution is 5.42. The number of nitrogens with two attached hydrogens (primary N) is 1. The van der Waals surface area contributed by atoms with Gasteiger partial charge in [-0.15, -0.1) is 0 Å². The van der Waals surface area contributed by atoms with Crippen LogP contribution in [0, 0.1) is 5.82 Å². The summed E-state index contributed by atoms with van der Waals surface area (Å²) in [5.74, 6) is 1.33. The zero-order chi connectivity index (χ0) is 21.6. The second-order valence-electron chi connectivity index (χ2n) is 8.59. The Balaban J connectivity index is 1.69. The van der Waals surface area contributed by atoms with E-state index in [1.807, 2.05) is 24.3 Å². The molecule has 164 valence electrons. The first-order valence-electron chi connectivity index (χ1n) is 10.9. The molecule has 0 radical (unpaired) electrons. The third-order valence-electron chi connectivity index (χ3n) is 6.60. The summed E-state index contributed by atoms with van der Waals surface area (Å²) in [5.41, 5.74) is 2.32. The molecule has 2 N–H and O–H groups in total. The third-order valence-corrected chi connectivity index (χ3v) is 6.60. The lowest BCUT2D eigenvalue weighted by Crippen LogP contribution is -2.83. The summed E-state index contributed by atoms with van der Waals surface area (Å²) in [7, 11) is 3.31. The average molecular weight is 417 g/mol. The molecule has 2 aromatic rings. The average Bonchev–Trinajstić information content (AvgIpc) is 2.77. The first kappa shape index (κ1) is 22.6. The maximum absolute atomic E-state index is 13.6. The lowest BCUT2D eigenvalue weighted by molar-refractivity contribution is -0.672. The summed E-state index contributed by atoms with van der Waals surface area (Å²) in [4.78, 5) is 0. The smallest absolute Gasteiger partial charge is 0.161 e. The Morgan fingerprint density at radius 3 is 2.47 bits per heavy atom. The van der Waals surface area contributed by atoms with E-state index in [-0.39, 0.29) is 16.8 Å². The van der Waals surface area contributed by atoms with Gasteiger partial charge < -0.3 is 19.5 Å². The molecule has 0 saturated carbocycles. The van der Waals surface area contributed by atoms with Crippen molar-refractivity contribution >= 4 is 0 Å². The Kier molecular flexibility index (Phi) is 7.37. The van der Waals surface area contributed by atoms with Gasteiger partial charge in [-0.3, -0.25) is 0 Å². The van der Waals surface area contributed by atoms with Crippen molar-refractivity contribution in [2.45, 2.75) is 57.1 Å². The summed E-state index contributed by atoms with van der Waals surface area (Å²) in [5, 5.41) is 2.34. The van der Waals surface area contributed by atoms with Crippen molar-refractivity contribution in [3.8, 4) is 11.5 Å². The highest BCUT2D eigenvalue weighted by Gasteiger charge is 2.43. The van der Waals surface area contributed by atoms with Crippen LogP contribution in [0.2, 0.25) is 0 Å². The maximum atomic E-state index is 13.6. The molecule has 4 nitrogen and oxygen atoms in total. The fraction of sp³-hybridized carbons (Fsp3) is 0.520. The van der Waals surface area contributed by atoms with Crippen LogP contribution in [0.1, 0.15) is 50.7 Å². The van der Waals surface area contributed by atoms with Crippen molar-refractivity contribution in [3.05, 3.63) is 59.4 Å².